The molecular formula is C58H70ClN7O23S. The first-order valence-electron chi connectivity index (χ1n) is 28.6. The number of carbonyl (C=O) groups excluding carboxylic acids is 4. The Bertz CT molecular complexity index is 3660. The number of aliphatic hydroxyl groups excluding tert-OH is 8. The van der Waals surface area contributed by atoms with Gasteiger partial charge in [-0.3, -0.25) is 19.2 Å². The maximum atomic E-state index is 14.9. The van der Waals surface area contributed by atoms with E-state index in [-0.39, 0.29) is 83.0 Å². The number of nitrogens with zero attached hydrogens (tertiary/aromatic N) is 5. The Morgan fingerprint density at radius 3 is 2.11 bits per heavy atom. The van der Waals surface area contributed by atoms with Crippen LogP contribution in [0.25, 0.3) is 21.7 Å². The van der Waals surface area contributed by atoms with Crippen molar-refractivity contribution in [3.05, 3.63) is 94.9 Å². The molecule has 2 saturated heterocycles. The molecule has 0 aliphatic carbocycles. The summed E-state index contributed by atoms with van der Waals surface area (Å²) in [6.45, 7) is 3.12. The maximum absolute atomic E-state index is 14.9. The first-order chi connectivity index (χ1) is 43.1. The molecule has 3 amide bonds. The molecule has 30 nitrogen and oxygen atoms in total. The van der Waals surface area contributed by atoms with Gasteiger partial charge in [-0.05, 0) is 72.5 Å². The zero-order chi connectivity index (χ0) is 64.7. The van der Waals surface area contributed by atoms with Gasteiger partial charge in [0.2, 0.25) is 18.5 Å². The molecule has 0 bridgehead atoms. The van der Waals surface area contributed by atoms with Crippen molar-refractivity contribution in [3.8, 4) is 28.7 Å². The number of ketones is 1. The van der Waals surface area contributed by atoms with Gasteiger partial charge in [0.15, 0.2) is 23.0 Å². The summed E-state index contributed by atoms with van der Waals surface area (Å²) < 4.78 is 81.7. The smallest absolute Gasteiger partial charge is 0.497 e. The molecule has 10 N–H and O–H groups in total. The molecule has 2 unspecified atom stereocenters. The van der Waals surface area contributed by atoms with Crippen molar-refractivity contribution in [1.82, 2.24) is 30.2 Å². The number of benzene rings is 4. The number of carbonyl (C=O) groups is 4. The van der Waals surface area contributed by atoms with Crippen LogP contribution >= 0.6 is 11.6 Å². The van der Waals surface area contributed by atoms with Gasteiger partial charge in [-0.2, -0.15) is 0 Å². The number of fused-ring (bicyclic) bond motifs is 4. The predicted molar refractivity (Wildman–Crippen MR) is 315 cm³/mol. The van der Waals surface area contributed by atoms with E-state index in [2.05, 4.69) is 20.6 Å². The highest BCUT2D eigenvalue weighted by Gasteiger charge is 2.47. The molecule has 3 aliphatic rings. The van der Waals surface area contributed by atoms with Gasteiger partial charge in [0.25, 0.3) is 11.8 Å². The number of aliphatic hydroxyl groups is 8. The number of anilines is 1. The number of halogens is 1. The summed E-state index contributed by atoms with van der Waals surface area (Å²) in [4.78, 5) is 59.2. The van der Waals surface area contributed by atoms with Crippen LogP contribution in [0, 0.1) is 0 Å². The molecule has 2 fully saturated rings. The van der Waals surface area contributed by atoms with Crippen molar-refractivity contribution in [2.24, 2.45) is 0 Å². The van der Waals surface area contributed by atoms with Crippen molar-refractivity contribution >= 4 is 72.9 Å². The number of alkyl halides is 1. The Labute approximate surface area is 519 Å². The highest BCUT2D eigenvalue weighted by atomic mass is 35.5. The lowest BCUT2D eigenvalue weighted by molar-refractivity contribution is -0.277. The largest absolute Gasteiger partial charge is 0.501 e. The first kappa shape index (κ1) is 67.1. The van der Waals surface area contributed by atoms with Gasteiger partial charge in [-0.25, -0.2) is 4.68 Å². The Kier molecular flexibility index (Phi) is 21.8. The monoisotopic (exact) mass is 1300 g/mol. The Balaban J connectivity index is 0.956. The number of amides is 3. The first-order valence-corrected chi connectivity index (χ1v) is 30.4. The van der Waals surface area contributed by atoms with Gasteiger partial charge in [-0.1, -0.05) is 12.1 Å². The van der Waals surface area contributed by atoms with Gasteiger partial charge in [0.05, 0.1) is 75.8 Å². The van der Waals surface area contributed by atoms with Crippen molar-refractivity contribution in [3.63, 3.8) is 0 Å². The summed E-state index contributed by atoms with van der Waals surface area (Å²) in [5, 5.41) is 94.9. The highest BCUT2D eigenvalue weighted by Crippen LogP contribution is 2.48. The summed E-state index contributed by atoms with van der Waals surface area (Å²) in [7, 11) is -2.49. The second-order valence-corrected chi connectivity index (χ2v) is 22.8. The average molecular weight is 1300 g/mol. The lowest BCUT2D eigenvalue weighted by atomic mass is 9.95. The molecule has 0 saturated carbocycles. The number of methoxy groups -OCH3 is 1. The Morgan fingerprint density at radius 1 is 0.789 bits per heavy atom. The van der Waals surface area contributed by atoms with Gasteiger partial charge in [0, 0.05) is 79.9 Å². The van der Waals surface area contributed by atoms with Crippen LogP contribution in [0.4, 0.5) is 5.69 Å². The maximum Gasteiger partial charge on any atom is 0.501 e. The number of aromatic amines is 1. The van der Waals surface area contributed by atoms with Crippen LogP contribution in [-0.2, 0) is 47.1 Å². The molecular weight excluding hydrogens is 1230 g/mol. The molecule has 32 heteroatoms. The van der Waals surface area contributed by atoms with E-state index in [0.717, 1.165) is 12.1 Å². The van der Waals surface area contributed by atoms with Crippen molar-refractivity contribution in [2.45, 2.75) is 101 Å². The molecule has 3 aliphatic heterocycles. The second-order valence-electron chi connectivity index (χ2n) is 21.4. The highest BCUT2D eigenvalue weighted by molar-refractivity contribution is 7.82. The van der Waals surface area contributed by atoms with Gasteiger partial charge in [0.1, 0.15) is 66.0 Å². The Hall–Kier alpha value is -7.34. The van der Waals surface area contributed by atoms with Gasteiger partial charge < -0.3 is 102 Å². The fraction of sp³-hybridized carbons (Fsp3) is 0.483. The fourth-order valence-corrected chi connectivity index (χ4v) is 11.5. The minimum atomic E-state index is -5.37. The zero-order valence-corrected chi connectivity index (χ0v) is 50.7. The third-order valence-electron chi connectivity index (χ3n) is 15.3. The molecule has 11 atom stereocenters. The minimum Gasteiger partial charge on any atom is -0.497 e. The van der Waals surface area contributed by atoms with Crippen LogP contribution in [-0.4, -0.2) is 238 Å². The van der Waals surface area contributed by atoms with E-state index in [0.29, 0.717) is 66.9 Å². The van der Waals surface area contributed by atoms with E-state index in [4.69, 9.17) is 53.1 Å². The van der Waals surface area contributed by atoms with Crippen LogP contribution in [0.3, 0.4) is 0 Å². The third kappa shape index (κ3) is 14.8. The second kappa shape index (κ2) is 29.3. The summed E-state index contributed by atoms with van der Waals surface area (Å²) in [6.07, 6.45) is -14.5. The van der Waals surface area contributed by atoms with E-state index in [1.807, 2.05) is 0 Å². The molecule has 5 heterocycles. The Morgan fingerprint density at radius 2 is 1.46 bits per heavy atom. The molecule has 0 radical (unpaired) electrons. The number of nitrogens with one attached hydrogen (secondary N) is 2. The van der Waals surface area contributed by atoms with Crippen molar-refractivity contribution < 1.29 is 110 Å². The summed E-state index contributed by atoms with van der Waals surface area (Å²) in [6, 6.07) is 13.7. The molecule has 6 aromatic rings. The fourth-order valence-electron chi connectivity index (χ4n) is 10.5. The van der Waals surface area contributed by atoms with Crippen molar-refractivity contribution in [2.75, 3.05) is 84.2 Å². The normalized spacial score (nSPS) is 23.3. The van der Waals surface area contributed by atoms with Crippen LogP contribution in [0.15, 0.2) is 66.9 Å². The molecule has 0 spiro atoms. The number of likely N-dealkylation sites (N-methyl/N-ethyl adjacent to an activating group) is 1. The number of hydrogen-bond acceptors (Lipinski definition) is 25. The molecule has 9 rings (SSSR count). The van der Waals surface area contributed by atoms with Crippen LogP contribution in [0.1, 0.15) is 68.6 Å². The van der Waals surface area contributed by atoms with Crippen LogP contribution in [0.2, 0.25) is 0 Å². The quantitative estimate of drug-likeness (QED) is 0.0176. The van der Waals surface area contributed by atoms with Gasteiger partial charge in [-0.15, -0.1) is 25.1 Å². The van der Waals surface area contributed by atoms with E-state index < -0.39 is 120 Å². The van der Waals surface area contributed by atoms with Crippen LogP contribution < -0.4 is 32.8 Å². The summed E-state index contributed by atoms with van der Waals surface area (Å²) in [5.74, 6) is -3.94. The topological polar surface area (TPSA) is 412 Å². The molecule has 90 heavy (non-hydrogen) atoms. The predicted octanol–water partition coefficient (Wildman–Crippen LogP) is 0.0407. The average Bonchev–Trinajstić information content (AvgIpc) is 1.54. The number of hydrogen-bond donors (Lipinski definition) is 10. The number of rotatable bonds is 28. The molecule has 2 aromatic heterocycles. The number of H-pyrrole nitrogens is 1. The van der Waals surface area contributed by atoms with E-state index in [1.165, 1.54) is 73.3 Å². The summed E-state index contributed by atoms with van der Waals surface area (Å²) >= 11 is 6.62. The van der Waals surface area contributed by atoms with E-state index >= 15 is 0 Å². The standard InChI is InChI=1S/C58H70ClN7O23S/c1-5-45(70)60-13-17-82-16-12-33-26-65(63-62-33)15-19-83-18-14-64(3)55(77)31-7-10-39(84-57-53(75)51(73)49(71)43(27-67)86-57)42(21-31)89-90(79,80)88-41-23-38-47(36-22-34(81-4)8-9-35(36)41)32(24-59)25-66(38)56(78)37-20-30-6-11-40(46(29(2)69)48(30)61-37)85-58-54(76)52(74)50(72)44(28-68)87-58/h6-11,20-23,26,32,43-44,49-54,57-58,61,67-68,71-76H,5,12-19,24-25,27-28H2,1-4H3,(H,60,70)/t32-,43-,44-,49+,50+,51+,52+,53?,54-,57-,58?/m1/s1. The van der Waals surface area contributed by atoms with Crippen LogP contribution in [0.5, 0.6) is 28.7 Å². The lowest BCUT2D eigenvalue weighted by Gasteiger charge is -2.39. The molecule has 4 aromatic carbocycles. The zero-order valence-electron chi connectivity index (χ0n) is 49.1. The molecule has 488 valence electrons. The number of aromatic nitrogens is 4. The lowest BCUT2D eigenvalue weighted by Crippen LogP contribution is -2.60. The number of ether oxygens (including phenoxy) is 7. The summed E-state index contributed by atoms with van der Waals surface area (Å²) in [5.41, 5.74) is 1.15. The van der Waals surface area contributed by atoms with Gasteiger partial charge >= 0.3 is 10.4 Å². The third-order valence-corrected chi connectivity index (χ3v) is 16.5. The number of Topliss-reactive ketones (excluding diaryl/α,β-unsaturated/α-hetero) is 1. The van der Waals surface area contributed by atoms with E-state index in [9.17, 15) is 68.4 Å². The van der Waals surface area contributed by atoms with Crippen molar-refractivity contribution in [1.29, 1.82) is 0 Å². The van der Waals surface area contributed by atoms with E-state index in [1.54, 1.807) is 23.9 Å². The minimum absolute atomic E-state index is 0.0354. The SMILES string of the molecule is CCC(=O)NCCOCCc1cn(CCOCCN(C)C(=O)c2ccc(O[C@@H]3O[C@H](CO)[C@H](O)[C@H](O)C3O)c(OS(=O)(=O)Oc3cc4c(c5cc(OC)ccc35)[C@H](CCl)CN4C(=O)c3cc4ccc(OC5O[C@H](CO)[C@H](O)[C@H](O)[C@H]5O)c(C(C)=O)c4[nH]3)c2)nn1.